The molecule has 0 saturated carbocycles. The van der Waals surface area contributed by atoms with Gasteiger partial charge in [-0.1, -0.05) is 6.07 Å². The van der Waals surface area contributed by atoms with Gasteiger partial charge in [-0.25, -0.2) is 4.79 Å². The molecule has 0 fully saturated rings. The zero-order chi connectivity index (χ0) is 18.3. The maximum Gasteiger partial charge on any atom is 0.322 e. The van der Waals surface area contributed by atoms with Crippen molar-refractivity contribution < 1.29 is 9.53 Å². The van der Waals surface area contributed by atoms with E-state index in [1.54, 1.807) is 7.11 Å². The Morgan fingerprint density at radius 2 is 1.92 bits per heavy atom. The van der Waals surface area contributed by atoms with Crippen LogP contribution in [-0.4, -0.2) is 29.6 Å². The van der Waals surface area contributed by atoms with Crippen LogP contribution in [0.25, 0.3) is 10.9 Å². The van der Waals surface area contributed by atoms with Crippen molar-refractivity contribution in [3.05, 3.63) is 58.8 Å². The summed E-state index contributed by atoms with van der Waals surface area (Å²) in [7, 11) is 1.68. The van der Waals surface area contributed by atoms with E-state index in [9.17, 15) is 4.79 Å². The average Bonchev–Trinajstić information content (AvgIpc) is 2.97. The number of nitrogens with one attached hydrogen (secondary N) is 2. The van der Waals surface area contributed by atoms with Crippen molar-refractivity contribution in [2.45, 2.75) is 26.8 Å². The van der Waals surface area contributed by atoms with Crippen LogP contribution in [0.3, 0.4) is 0 Å². The Hall–Kier alpha value is -2.95. The maximum atomic E-state index is 12.7. The van der Waals surface area contributed by atoms with Crippen molar-refractivity contribution in [3.63, 3.8) is 0 Å². The molecular weight excluding hydrogens is 326 g/mol. The van der Waals surface area contributed by atoms with Gasteiger partial charge in [0.05, 0.1) is 13.7 Å². The van der Waals surface area contributed by atoms with Crippen molar-refractivity contribution in [2.24, 2.45) is 0 Å². The van der Waals surface area contributed by atoms with Crippen molar-refractivity contribution >= 4 is 22.6 Å². The maximum absolute atomic E-state index is 12.7. The molecule has 1 aliphatic rings. The monoisotopic (exact) mass is 349 g/mol. The highest BCUT2D eigenvalue weighted by Gasteiger charge is 2.24. The number of nitrogens with zero attached hydrogens (tertiary/aromatic N) is 1. The average molecular weight is 349 g/mol. The second-order valence-electron chi connectivity index (χ2n) is 6.97. The number of hydrogen-bond acceptors (Lipinski definition) is 2. The lowest BCUT2D eigenvalue weighted by molar-refractivity contribution is 0.206. The Labute approximate surface area is 153 Å². The number of ether oxygens (including phenoxy) is 1. The van der Waals surface area contributed by atoms with Crippen LogP contribution in [0, 0.1) is 13.8 Å². The Bertz CT molecular complexity index is 970. The van der Waals surface area contributed by atoms with Gasteiger partial charge in [0, 0.05) is 28.8 Å². The molecule has 2 N–H and O–H groups in total. The number of carbonyl (C=O) groups is 1. The van der Waals surface area contributed by atoms with Gasteiger partial charge >= 0.3 is 6.03 Å². The van der Waals surface area contributed by atoms with Crippen LogP contribution in [0.15, 0.2) is 36.4 Å². The van der Waals surface area contributed by atoms with Crippen LogP contribution in [0.2, 0.25) is 0 Å². The molecular formula is C21H23N3O2. The molecule has 26 heavy (non-hydrogen) atoms. The quantitative estimate of drug-likeness (QED) is 0.721. The number of anilines is 1. The molecule has 134 valence electrons. The second-order valence-corrected chi connectivity index (χ2v) is 6.97. The summed E-state index contributed by atoms with van der Waals surface area (Å²) in [6.07, 6.45) is 0.836. The topological polar surface area (TPSA) is 57.4 Å². The fourth-order valence-electron chi connectivity index (χ4n) is 3.77. The molecule has 5 nitrogen and oxygen atoms in total. The number of aromatic amines is 1. The summed E-state index contributed by atoms with van der Waals surface area (Å²) in [5, 5.41) is 4.22. The summed E-state index contributed by atoms with van der Waals surface area (Å²) in [6.45, 7) is 5.36. The summed E-state index contributed by atoms with van der Waals surface area (Å²) < 4.78 is 5.34. The fraction of sp³-hybridized carbons (Fsp3) is 0.286. The molecule has 2 amide bonds. The standard InChI is InChI=1S/C21H23N3O2/c1-13-8-14(2)10-15(9-13)22-21(25)24-7-6-17-18-11-16(26-3)4-5-19(18)23-20(17)12-24/h4-5,8-11,23H,6-7,12H2,1-3H3,(H,22,25). The predicted molar refractivity (Wildman–Crippen MR) is 104 cm³/mol. The zero-order valence-electron chi connectivity index (χ0n) is 15.3. The van der Waals surface area contributed by atoms with E-state index in [0.717, 1.165) is 40.2 Å². The van der Waals surface area contributed by atoms with Crippen molar-refractivity contribution in [1.82, 2.24) is 9.88 Å². The van der Waals surface area contributed by atoms with E-state index in [-0.39, 0.29) is 6.03 Å². The Balaban J connectivity index is 1.55. The van der Waals surface area contributed by atoms with Gasteiger partial charge in [0.25, 0.3) is 0 Å². The van der Waals surface area contributed by atoms with E-state index in [1.165, 1.54) is 10.9 Å². The highest BCUT2D eigenvalue weighted by Crippen LogP contribution is 2.30. The van der Waals surface area contributed by atoms with Crippen LogP contribution in [0.4, 0.5) is 10.5 Å². The molecule has 0 aliphatic carbocycles. The largest absolute Gasteiger partial charge is 0.497 e. The first-order valence-corrected chi connectivity index (χ1v) is 8.85. The van der Waals surface area contributed by atoms with Gasteiger partial charge in [0.1, 0.15) is 5.75 Å². The first-order chi connectivity index (χ1) is 12.5. The van der Waals surface area contributed by atoms with E-state index in [0.29, 0.717) is 13.1 Å². The van der Waals surface area contributed by atoms with E-state index in [4.69, 9.17) is 4.74 Å². The molecule has 0 bridgehead atoms. The number of H-pyrrole nitrogens is 1. The number of urea groups is 1. The smallest absolute Gasteiger partial charge is 0.322 e. The molecule has 0 spiro atoms. The van der Waals surface area contributed by atoms with Gasteiger partial charge in [-0.15, -0.1) is 0 Å². The molecule has 0 saturated heterocycles. The third-order valence-electron chi connectivity index (χ3n) is 4.94. The van der Waals surface area contributed by atoms with Gasteiger partial charge in [0.15, 0.2) is 0 Å². The minimum Gasteiger partial charge on any atom is -0.497 e. The van der Waals surface area contributed by atoms with Crippen LogP contribution >= 0.6 is 0 Å². The minimum atomic E-state index is -0.0584. The number of amides is 2. The van der Waals surface area contributed by atoms with E-state index in [2.05, 4.69) is 22.4 Å². The van der Waals surface area contributed by atoms with Gasteiger partial charge in [0.2, 0.25) is 0 Å². The summed E-state index contributed by atoms with van der Waals surface area (Å²) in [6, 6.07) is 12.1. The van der Waals surface area contributed by atoms with Gasteiger partial charge in [-0.3, -0.25) is 0 Å². The number of hydrogen-bond donors (Lipinski definition) is 2. The highest BCUT2D eigenvalue weighted by atomic mass is 16.5. The Morgan fingerprint density at radius 3 is 2.65 bits per heavy atom. The molecule has 1 aliphatic heterocycles. The molecule has 1 aromatic heterocycles. The number of methoxy groups -OCH3 is 1. The van der Waals surface area contributed by atoms with Crippen LogP contribution in [0.5, 0.6) is 5.75 Å². The van der Waals surface area contributed by atoms with E-state index < -0.39 is 0 Å². The third kappa shape index (κ3) is 3.01. The Kier molecular flexibility index (Phi) is 4.07. The van der Waals surface area contributed by atoms with Gasteiger partial charge < -0.3 is 19.9 Å². The van der Waals surface area contributed by atoms with Crippen molar-refractivity contribution in [3.8, 4) is 5.75 Å². The van der Waals surface area contributed by atoms with Crippen LogP contribution in [-0.2, 0) is 13.0 Å². The van der Waals surface area contributed by atoms with Crippen molar-refractivity contribution in [1.29, 1.82) is 0 Å². The molecule has 5 heteroatoms. The molecule has 2 heterocycles. The van der Waals surface area contributed by atoms with E-state index >= 15 is 0 Å². The zero-order valence-corrected chi connectivity index (χ0v) is 15.3. The second kappa shape index (κ2) is 6.41. The number of rotatable bonds is 2. The third-order valence-corrected chi connectivity index (χ3v) is 4.94. The predicted octanol–water partition coefficient (Wildman–Crippen LogP) is 4.38. The molecule has 4 rings (SSSR count). The lowest BCUT2D eigenvalue weighted by Gasteiger charge is -2.27. The number of benzene rings is 2. The molecule has 0 radical (unpaired) electrons. The van der Waals surface area contributed by atoms with E-state index in [1.807, 2.05) is 43.0 Å². The molecule has 3 aromatic rings. The van der Waals surface area contributed by atoms with Crippen molar-refractivity contribution in [2.75, 3.05) is 19.0 Å². The number of carbonyl (C=O) groups excluding carboxylic acids is 1. The van der Waals surface area contributed by atoms with Gasteiger partial charge in [-0.05, 0) is 67.3 Å². The number of aryl methyl sites for hydroxylation is 2. The molecule has 0 atom stereocenters. The first kappa shape index (κ1) is 16.5. The highest BCUT2D eigenvalue weighted by molar-refractivity contribution is 5.91. The summed E-state index contributed by atoms with van der Waals surface area (Å²) in [5.41, 5.74) is 6.62. The minimum absolute atomic E-state index is 0.0584. The lowest BCUT2D eigenvalue weighted by atomic mass is 10.0. The normalized spacial score (nSPS) is 13.6. The lowest BCUT2D eigenvalue weighted by Crippen LogP contribution is -2.38. The number of fused-ring (bicyclic) bond motifs is 3. The first-order valence-electron chi connectivity index (χ1n) is 8.85. The van der Waals surface area contributed by atoms with Crippen LogP contribution < -0.4 is 10.1 Å². The fourth-order valence-corrected chi connectivity index (χ4v) is 3.77. The summed E-state index contributed by atoms with van der Waals surface area (Å²) >= 11 is 0. The Morgan fingerprint density at radius 1 is 1.15 bits per heavy atom. The molecule has 0 unspecified atom stereocenters. The van der Waals surface area contributed by atoms with Crippen LogP contribution in [0.1, 0.15) is 22.4 Å². The SMILES string of the molecule is COc1ccc2[nH]c3c(c2c1)CCN(C(=O)Nc1cc(C)cc(C)c1)C3. The van der Waals surface area contributed by atoms with Gasteiger partial charge in [-0.2, -0.15) is 0 Å². The molecule has 2 aromatic carbocycles. The summed E-state index contributed by atoms with van der Waals surface area (Å²) in [4.78, 5) is 18.0. The summed E-state index contributed by atoms with van der Waals surface area (Å²) in [5.74, 6) is 0.856. The number of aromatic nitrogens is 1.